The van der Waals surface area contributed by atoms with Crippen LogP contribution in [0.25, 0.3) is 10.6 Å². The molecule has 1 aliphatic carbocycles. The fourth-order valence-electron chi connectivity index (χ4n) is 2.12. The first-order valence-electron chi connectivity index (χ1n) is 6.32. The van der Waals surface area contributed by atoms with Gasteiger partial charge in [-0.2, -0.15) is 0 Å². The van der Waals surface area contributed by atoms with Crippen LogP contribution in [0.4, 0.5) is 4.39 Å². The summed E-state index contributed by atoms with van der Waals surface area (Å²) in [5.41, 5.74) is 1.58. The number of phenols is 1. The lowest BCUT2D eigenvalue weighted by Crippen LogP contribution is -2.05. The number of nitrogens with zero attached hydrogens (tertiary/aromatic N) is 1. The fraction of sp³-hybridized carbons (Fsp3) is 0.357. The maximum absolute atomic E-state index is 13.9. The van der Waals surface area contributed by atoms with Gasteiger partial charge in [-0.15, -0.1) is 11.3 Å². The third-order valence-electron chi connectivity index (χ3n) is 3.21. The van der Waals surface area contributed by atoms with E-state index in [-0.39, 0.29) is 5.75 Å². The molecule has 3 nitrogen and oxygen atoms in total. The maximum Gasteiger partial charge on any atom is 0.137 e. The van der Waals surface area contributed by atoms with Gasteiger partial charge < -0.3 is 10.4 Å². The van der Waals surface area contributed by atoms with E-state index in [1.54, 1.807) is 6.07 Å². The van der Waals surface area contributed by atoms with Gasteiger partial charge in [0.25, 0.3) is 0 Å². The van der Waals surface area contributed by atoms with Crippen LogP contribution in [0.15, 0.2) is 18.2 Å². The van der Waals surface area contributed by atoms with Crippen LogP contribution in [-0.2, 0) is 6.54 Å². The first kappa shape index (κ1) is 12.6. The van der Waals surface area contributed by atoms with Gasteiger partial charge in [-0.3, -0.25) is 0 Å². The van der Waals surface area contributed by atoms with Crippen LogP contribution < -0.4 is 5.32 Å². The number of phenolic OH excluding ortho intramolecular Hbond substituents is 1. The molecule has 1 fully saturated rings. The Morgan fingerprint density at radius 1 is 1.47 bits per heavy atom. The van der Waals surface area contributed by atoms with Crippen molar-refractivity contribution in [1.82, 2.24) is 10.3 Å². The number of thiazole rings is 1. The second kappa shape index (κ2) is 4.90. The predicted octanol–water partition coefficient (Wildman–Crippen LogP) is 3.25. The Labute approximate surface area is 115 Å². The van der Waals surface area contributed by atoms with Crippen molar-refractivity contribution in [2.24, 2.45) is 0 Å². The highest BCUT2D eigenvalue weighted by Gasteiger charge is 2.29. The van der Waals surface area contributed by atoms with Crippen LogP contribution in [0.2, 0.25) is 0 Å². The highest BCUT2D eigenvalue weighted by Crippen LogP contribution is 2.44. The summed E-state index contributed by atoms with van der Waals surface area (Å²) < 4.78 is 13.9. The molecule has 0 saturated heterocycles. The van der Waals surface area contributed by atoms with Crippen LogP contribution in [-0.4, -0.2) is 17.1 Å². The zero-order chi connectivity index (χ0) is 13.4. The van der Waals surface area contributed by atoms with E-state index in [0.717, 1.165) is 18.3 Å². The molecule has 0 radical (unpaired) electrons. The minimum Gasteiger partial charge on any atom is -0.508 e. The molecule has 0 atom stereocenters. The molecule has 19 heavy (non-hydrogen) atoms. The number of hydrogen-bond acceptors (Lipinski definition) is 4. The van der Waals surface area contributed by atoms with Crippen molar-refractivity contribution in [2.75, 3.05) is 7.05 Å². The molecule has 0 bridgehead atoms. The summed E-state index contributed by atoms with van der Waals surface area (Å²) in [5.74, 6) is 0.0660. The Morgan fingerprint density at radius 3 is 2.89 bits per heavy atom. The number of aromatic nitrogens is 1. The minimum absolute atomic E-state index is 0.0596. The van der Waals surface area contributed by atoms with E-state index in [1.807, 2.05) is 7.05 Å². The molecule has 5 heteroatoms. The van der Waals surface area contributed by atoms with Crippen molar-refractivity contribution in [1.29, 1.82) is 0 Å². The van der Waals surface area contributed by atoms with E-state index in [0.29, 0.717) is 16.5 Å². The molecular formula is C14H15FN2OS. The van der Waals surface area contributed by atoms with Crippen LogP contribution in [0.3, 0.4) is 0 Å². The fourth-order valence-corrected chi connectivity index (χ4v) is 3.31. The largest absolute Gasteiger partial charge is 0.508 e. The van der Waals surface area contributed by atoms with Crippen molar-refractivity contribution in [2.45, 2.75) is 25.3 Å². The van der Waals surface area contributed by atoms with E-state index < -0.39 is 5.82 Å². The number of benzene rings is 1. The molecule has 1 aromatic heterocycles. The third kappa shape index (κ3) is 2.48. The minimum atomic E-state index is -0.424. The summed E-state index contributed by atoms with van der Waals surface area (Å²) in [6, 6.07) is 4.21. The quantitative estimate of drug-likeness (QED) is 0.902. The zero-order valence-electron chi connectivity index (χ0n) is 10.6. The number of halogens is 1. The van der Waals surface area contributed by atoms with Gasteiger partial charge in [0.05, 0.1) is 5.69 Å². The standard InChI is InChI=1S/C14H15FN2OS/c1-16-7-12-13(8-2-3-8)17-14(19-12)10-5-4-9(18)6-11(10)15/h4-6,8,16,18H,2-3,7H2,1H3. The van der Waals surface area contributed by atoms with Gasteiger partial charge in [-0.25, -0.2) is 9.37 Å². The Balaban J connectivity index is 2.02. The van der Waals surface area contributed by atoms with Crippen LogP contribution >= 0.6 is 11.3 Å². The second-order valence-corrected chi connectivity index (χ2v) is 5.88. The number of aromatic hydroxyl groups is 1. The van der Waals surface area contributed by atoms with E-state index in [1.165, 1.54) is 35.1 Å². The van der Waals surface area contributed by atoms with Crippen LogP contribution in [0, 0.1) is 5.82 Å². The Bertz CT molecular complexity index is 607. The van der Waals surface area contributed by atoms with Gasteiger partial charge in [0, 0.05) is 29.0 Å². The zero-order valence-corrected chi connectivity index (χ0v) is 11.4. The molecule has 1 aliphatic rings. The van der Waals surface area contributed by atoms with Gasteiger partial charge in [-0.05, 0) is 32.0 Å². The molecular weight excluding hydrogens is 263 g/mol. The summed E-state index contributed by atoms with van der Waals surface area (Å²) in [4.78, 5) is 5.80. The summed E-state index contributed by atoms with van der Waals surface area (Å²) in [6.45, 7) is 0.767. The molecule has 2 N–H and O–H groups in total. The molecule has 1 heterocycles. The van der Waals surface area contributed by atoms with Gasteiger partial charge in [0.2, 0.25) is 0 Å². The molecule has 0 amide bonds. The molecule has 100 valence electrons. The lowest BCUT2D eigenvalue weighted by molar-refractivity contribution is 0.469. The average molecular weight is 278 g/mol. The normalized spacial score (nSPS) is 14.8. The highest BCUT2D eigenvalue weighted by atomic mass is 32.1. The third-order valence-corrected chi connectivity index (χ3v) is 4.32. The number of rotatable bonds is 4. The van der Waals surface area contributed by atoms with Crippen molar-refractivity contribution in [3.63, 3.8) is 0 Å². The summed E-state index contributed by atoms with van der Waals surface area (Å²) in [6.07, 6.45) is 2.36. The topological polar surface area (TPSA) is 45.1 Å². The average Bonchev–Trinajstić information content (AvgIpc) is 3.12. The van der Waals surface area contributed by atoms with Crippen molar-refractivity contribution < 1.29 is 9.50 Å². The molecule has 0 aliphatic heterocycles. The van der Waals surface area contributed by atoms with Gasteiger partial charge in [-0.1, -0.05) is 0 Å². The summed E-state index contributed by atoms with van der Waals surface area (Å²) in [5, 5.41) is 13.1. The van der Waals surface area contributed by atoms with Crippen molar-refractivity contribution in [3.8, 4) is 16.3 Å². The summed E-state index contributed by atoms with van der Waals surface area (Å²) in [7, 11) is 1.90. The van der Waals surface area contributed by atoms with Crippen molar-refractivity contribution >= 4 is 11.3 Å². The van der Waals surface area contributed by atoms with E-state index in [9.17, 15) is 9.50 Å². The predicted molar refractivity (Wildman–Crippen MR) is 73.9 cm³/mol. The smallest absolute Gasteiger partial charge is 0.137 e. The lowest BCUT2D eigenvalue weighted by atomic mass is 10.2. The molecule has 1 saturated carbocycles. The van der Waals surface area contributed by atoms with E-state index in [4.69, 9.17) is 0 Å². The van der Waals surface area contributed by atoms with Crippen LogP contribution in [0.1, 0.15) is 29.3 Å². The van der Waals surface area contributed by atoms with Gasteiger partial charge in [0.1, 0.15) is 16.6 Å². The van der Waals surface area contributed by atoms with Crippen LogP contribution in [0.5, 0.6) is 5.75 Å². The van der Waals surface area contributed by atoms with Gasteiger partial charge in [0.15, 0.2) is 0 Å². The molecule has 0 spiro atoms. The lowest BCUT2D eigenvalue weighted by Gasteiger charge is -1.99. The molecule has 0 unspecified atom stereocenters. The first-order valence-corrected chi connectivity index (χ1v) is 7.13. The molecule has 1 aromatic carbocycles. The van der Waals surface area contributed by atoms with E-state index >= 15 is 0 Å². The molecule has 3 rings (SSSR count). The summed E-state index contributed by atoms with van der Waals surface area (Å²) >= 11 is 1.53. The Kier molecular flexibility index (Phi) is 3.24. The monoisotopic (exact) mass is 278 g/mol. The second-order valence-electron chi connectivity index (χ2n) is 4.80. The SMILES string of the molecule is CNCc1sc(-c2ccc(O)cc2F)nc1C1CC1. The molecule has 2 aromatic rings. The van der Waals surface area contributed by atoms with Gasteiger partial charge >= 0.3 is 0 Å². The maximum atomic E-state index is 13.9. The van der Waals surface area contributed by atoms with E-state index in [2.05, 4.69) is 10.3 Å². The van der Waals surface area contributed by atoms with Crippen molar-refractivity contribution in [3.05, 3.63) is 34.6 Å². The Morgan fingerprint density at radius 2 is 2.26 bits per heavy atom. The number of nitrogens with one attached hydrogen (secondary N) is 1. The first-order chi connectivity index (χ1) is 9.19. The number of hydrogen-bond donors (Lipinski definition) is 2. The highest BCUT2D eigenvalue weighted by molar-refractivity contribution is 7.15. The Hall–Kier alpha value is -1.46.